The molecule has 0 aliphatic heterocycles. The topological polar surface area (TPSA) is 56.7 Å². The first-order valence-electron chi connectivity index (χ1n) is 23.3. The molecule has 0 spiro atoms. The van der Waals surface area contributed by atoms with E-state index in [1.54, 1.807) is 11.3 Å². The molecule has 0 saturated carbocycles. The summed E-state index contributed by atoms with van der Waals surface area (Å²) in [5.41, 5.74) is 12.2. The molecule has 1 aliphatic carbocycles. The summed E-state index contributed by atoms with van der Waals surface area (Å²) in [6.07, 6.45) is 1.81. The van der Waals surface area contributed by atoms with E-state index in [2.05, 4.69) is 205 Å². The number of hydrogen-bond acceptors (Lipinski definition) is 5. The van der Waals surface area contributed by atoms with Gasteiger partial charge in [-0.1, -0.05) is 152 Å². The van der Waals surface area contributed by atoms with Crippen LogP contribution in [0.2, 0.25) is 0 Å². The molecule has 1 aliphatic rings. The molecule has 6 heteroatoms. The highest BCUT2D eigenvalue weighted by Crippen LogP contribution is 2.49. The van der Waals surface area contributed by atoms with E-state index < -0.39 is 0 Å². The monoisotopic (exact) mass is 886 g/mol. The van der Waals surface area contributed by atoms with Gasteiger partial charge in [-0.15, -0.1) is 11.3 Å². The molecule has 1 unspecified atom stereocenters. The molecule has 0 N–H and O–H groups in total. The third-order valence-electron chi connectivity index (χ3n) is 14.5. The fourth-order valence-electron chi connectivity index (χ4n) is 11.4. The molecule has 4 aromatic heterocycles. The van der Waals surface area contributed by atoms with Gasteiger partial charge in [-0.05, 0) is 105 Å². The maximum absolute atomic E-state index is 7.00. The van der Waals surface area contributed by atoms with Gasteiger partial charge < -0.3 is 4.42 Å². The van der Waals surface area contributed by atoms with Gasteiger partial charge in [-0.3, -0.25) is 4.57 Å². The summed E-state index contributed by atoms with van der Waals surface area (Å²) in [6.45, 7) is 0. The Labute approximate surface area is 394 Å². The second-order valence-electron chi connectivity index (χ2n) is 18.2. The highest BCUT2D eigenvalue weighted by atomic mass is 32.1. The fourth-order valence-corrected chi connectivity index (χ4v) is 12.6. The Balaban J connectivity index is 1.02. The Hall–Kier alpha value is -8.45. The van der Waals surface area contributed by atoms with Crippen LogP contribution in [0, 0.1) is 0 Å². The molecule has 0 amide bonds. The van der Waals surface area contributed by atoms with Crippen LogP contribution >= 0.6 is 11.3 Å². The van der Waals surface area contributed by atoms with Crippen molar-refractivity contribution in [3.8, 4) is 39.9 Å². The van der Waals surface area contributed by atoms with E-state index >= 15 is 0 Å². The minimum absolute atomic E-state index is 0.00135. The van der Waals surface area contributed by atoms with E-state index in [0.717, 1.165) is 78.0 Å². The predicted octanol–water partition coefficient (Wildman–Crippen LogP) is 16.6. The van der Waals surface area contributed by atoms with E-state index in [-0.39, 0.29) is 5.92 Å². The van der Waals surface area contributed by atoms with Crippen molar-refractivity contribution in [3.05, 3.63) is 217 Å². The van der Waals surface area contributed by atoms with Crippen LogP contribution in [-0.2, 0) is 6.42 Å². The van der Waals surface area contributed by atoms with Crippen molar-refractivity contribution in [2.24, 2.45) is 0 Å². The molecular formula is C62H38N4OS. The van der Waals surface area contributed by atoms with Gasteiger partial charge in [0.05, 0.1) is 11.0 Å². The van der Waals surface area contributed by atoms with E-state index in [0.29, 0.717) is 17.6 Å². The Morgan fingerprint density at radius 3 is 1.96 bits per heavy atom. The molecule has 318 valence electrons. The molecule has 14 aromatic rings. The van der Waals surface area contributed by atoms with Crippen LogP contribution in [0.1, 0.15) is 29.0 Å². The highest BCUT2D eigenvalue weighted by Gasteiger charge is 2.30. The van der Waals surface area contributed by atoms with Gasteiger partial charge in [0.15, 0.2) is 11.6 Å². The maximum atomic E-state index is 7.00. The lowest BCUT2D eigenvalue weighted by atomic mass is 9.82. The molecule has 0 fully saturated rings. The van der Waals surface area contributed by atoms with Gasteiger partial charge in [0.2, 0.25) is 5.95 Å². The summed E-state index contributed by atoms with van der Waals surface area (Å²) in [7, 11) is 0. The van der Waals surface area contributed by atoms with Gasteiger partial charge in [0, 0.05) is 64.3 Å². The number of benzene rings is 10. The standard InChI is InChI=1S/C62H38N4OS/c1-2-16-38-33-50-39(32-37(38)15-1)29-30-42(47-31-28-36-14-3-4-17-41(36)57(47)50)51-34-40(35-52-45-20-7-11-26-55(45)67-58(51)52)60-63-61(49-23-13-22-48-46-21-8-12-27-56(46)68-59(48)49)65-62(64-60)66-53-24-9-5-18-43(53)44-19-6-10-25-54(44)66/h1-28,31-35,42H,29-30H2. The Bertz CT molecular complexity index is 4370. The average molecular weight is 887 g/mol. The summed E-state index contributed by atoms with van der Waals surface area (Å²) < 4.78 is 11.6. The molecule has 0 bridgehead atoms. The maximum Gasteiger partial charge on any atom is 0.238 e. The Morgan fingerprint density at radius 2 is 1.13 bits per heavy atom. The molecule has 68 heavy (non-hydrogen) atoms. The average Bonchev–Trinajstić information content (AvgIpc) is 4.04. The molecule has 0 radical (unpaired) electrons. The van der Waals surface area contributed by atoms with Crippen LogP contribution < -0.4 is 0 Å². The van der Waals surface area contributed by atoms with E-state index in [1.807, 2.05) is 0 Å². The molecule has 4 heterocycles. The highest BCUT2D eigenvalue weighted by molar-refractivity contribution is 7.26. The van der Waals surface area contributed by atoms with Crippen molar-refractivity contribution in [3.63, 3.8) is 0 Å². The molecular weight excluding hydrogens is 849 g/mol. The second kappa shape index (κ2) is 14.5. The van der Waals surface area contributed by atoms with Gasteiger partial charge >= 0.3 is 0 Å². The smallest absolute Gasteiger partial charge is 0.238 e. The molecule has 0 saturated heterocycles. The number of aryl methyl sites for hydroxylation is 1. The van der Waals surface area contributed by atoms with Crippen LogP contribution in [-0.4, -0.2) is 19.5 Å². The quantitative estimate of drug-likeness (QED) is 0.177. The molecule has 1 atom stereocenters. The summed E-state index contributed by atoms with van der Waals surface area (Å²) in [4.78, 5) is 16.5. The molecule has 5 nitrogen and oxygen atoms in total. The van der Waals surface area contributed by atoms with Crippen LogP contribution in [0.3, 0.4) is 0 Å². The first-order valence-corrected chi connectivity index (χ1v) is 24.2. The minimum atomic E-state index is -0.00135. The van der Waals surface area contributed by atoms with E-state index in [9.17, 15) is 0 Å². The lowest BCUT2D eigenvalue weighted by Gasteiger charge is -2.21. The number of para-hydroxylation sites is 3. The number of furan rings is 1. The summed E-state index contributed by atoms with van der Waals surface area (Å²) in [5, 5.41) is 11.9. The number of rotatable bonds is 4. The van der Waals surface area contributed by atoms with Crippen molar-refractivity contribution in [1.29, 1.82) is 0 Å². The van der Waals surface area contributed by atoms with Crippen molar-refractivity contribution in [2.45, 2.75) is 18.8 Å². The third kappa shape index (κ3) is 5.58. The number of hydrogen-bond donors (Lipinski definition) is 0. The summed E-state index contributed by atoms with van der Waals surface area (Å²) >= 11 is 1.79. The summed E-state index contributed by atoms with van der Waals surface area (Å²) in [6, 6.07) is 72.4. The normalized spacial score (nSPS) is 13.9. The van der Waals surface area contributed by atoms with Gasteiger partial charge in [0.25, 0.3) is 0 Å². The second-order valence-corrected chi connectivity index (χ2v) is 19.2. The molecule has 15 rings (SSSR count). The van der Waals surface area contributed by atoms with Gasteiger partial charge in [-0.25, -0.2) is 4.98 Å². The summed E-state index contributed by atoms with van der Waals surface area (Å²) in [5.74, 6) is 1.82. The first-order chi connectivity index (χ1) is 33.7. The Kier molecular flexibility index (Phi) is 8.06. The van der Waals surface area contributed by atoms with Crippen molar-refractivity contribution >= 4 is 96.8 Å². The van der Waals surface area contributed by atoms with Crippen LogP contribution in [0.4, 0.5) is 0 Å². The van der Waals surface area contributed by atoms with Crippen LogP contribution in [0.15, 0.2) is 205 Å². The zero-order valence-corrected chi connectivity index (χ0v) is 37.5. The SMILES string of the molecule is c1ccc2cc3c(cc2c1)CCC(c1cc(-c2nc(-c4cccc5c4sc4ccccc45)nc(-n4c5ccccc5c5ccccc54)n2)cc2c1oc1ccccc12)c1ccc2ccccc2c1-3. The van der Waals surface area contributed by atoms with E-state index in [1.165, 1.54) is 59.3 Å². The lowest BCUT2D eigenvalue weighted by Crippen LogP contribution is -2.07. The number of fused-ring (bicyclic) bond motifs is 15. The largest absolute Gasteiger partial charge is 0.456 e. The fraction of sp³-hybridized carbons (Fsp3) is 0.0484. The van der Waals surface area contributed by atoms with E-state index in [4.69, 9.17) is 19.4 Å². The van der Waals surface area contributed by atoms with Gasteiger partial charge in [-0.2, -0.15) is 9.97 Å². The number of nitrogens with zero attached hydrogens (tertiary/aromatic N) is 4. The van der Waals surface area contributed by atoms with Crippen molar-refractivity contribution in [2.75, 3.05) is 0 Å². The van der Waals surface area contributed by atoms with Crippen molar-refractivity contribution in [1.82, 2.24) is 19.5 Å². The first kappa shape index (κ1) is 37.7. The number of thiophene rings is 1. The van der Waals surface area contributed by atoms with Crippen molar-refractivity contribution < 1.29 is 4.42 Å². The zero-order valence-electron chi connectivity index (χ0n) is 36.6. The number of aromatic nitrogens is 4. The predicted molar refractivity (Wildman–Crippen MR) is 282 cm³/mol. The van der Waals surface area contributed by atoms with Crippen LogP contribution in [0.5, 0.6) is 0 Å². The lowest BCUT2D eigenvalue weighted by molar-refractivity contribution is 0.647. The minimum Gasteiger partial charge on any atom is -0.456 e. The molecule has 10 aromatic carbocycles. The zero-order chi connectivity index (χ0) is 44.5. The Morgan fingerprint density at radius 1 is 0.471 bits per heavy atom. The third-order valence-corrected chi connectivity index (χ3v) is 15.7. The van der Waals surface area contributed by atoms with Gasteiger partial charge in [0.1, 0.15) is 11.2 Å². The van der Waals surface area contributed by atoms with Crippen LogP contribution in [0.25, 0.3) is 125 Å².